The van der Waals surface area contributed by atoms with Crippen LogP contribution in [-0.2, 0) is 0 Å². The van der Waals surface area contributed by atoms with Gasteiger partial charge in [0.25, 0.3) is 0 Å². The molecule has 0 aliphatic heterocycles. The van der Waals surface area contributed by atoms with Gasteiger partial charge in [-0.05, 0) is 24.3 Å². The second kappa shape index (κ2) is 3.72. The van der Waals surface area contributed by atoms with E-state index in [1.807, 2.05) is 42.1 Å². The third kappa shape index (κ3) is 1.59. The fourth-order valence-corrected chi connectivity index (χ4v) is 1.41. The predicted octanol–water partition coefficient (Wildman–Crippen LogP) is 2.57. The second-order valence-electron chi connectivity index (χ2n) is 2.85. The Morgan fingerprint density at radius 3 is 2.57 bits per heavy atom. The largest absolute Gasteiger partial charge is 0.373 e. The SMILES string of the molecule is CNc1ccnn1-c1ccc(Cl)cc1. The number of halogens is 1. The minimum absolute atomic E-state index is 0.729. The summed E-state index contributed by atoms with van der Waals surface area (Å²) in [7, 11) is 1.86. The number of aromatic nitrogens is 2. The van der Waals surface area contributed by atoms with Crippen molar-refractivity contribution in [2.24, 2.45) is 0 Å². The lowest BCUT2D eigenvalue weighted by Crippen LogP contribution is -2.01. The monoisotopic (exact) mass is 207 g/mol. The summed E-state index contributed by atoms with van der Waals surface area (Å²) in [6.07, 6.45) is 1.75. The van der Waals surface area contributed by atoms with E-state index in [0.717, 1.165) is 16.5 Å². The molecule has 1 N–H and O–H groups in total. The van der Waals surface area contributed by atoms with Crippen LogP contribution in [0.1, 0.15) is 0 Å². The Labute approximate surface area is 87.3 Å². The zero-order chi connectivity index (χ0) is 9.97. The second-order valence-corrected chi connectivity index (χ2v) is 3.29. The van der Waals surface area contributed by atoms with Crippen molar-refractivity contribution in [3.05, 3.63) is 41.6 Å². The van der Waals surface area contributed by atoms with Crippen molar-refractivity contribution in [2.75, 3.05) is 12.4 Å². The van der Waals surface area contributed by atoms with Gasteiger partial charge in [-0.1, -0.05) is 11.6 Å². The first kappa shape index (κ1) is 9.09. The maximum Gasteiger partial charge on any atom is 0.129 e. The quantitative estimate of drug-likeness (QED) is 0.821. The van der Waals surface area contributed by atoms with Crippen LogP contribution in [0.5, 0.6) is 0 Å². The molecular formula is C10H10ClN3. The number of rotatable bonds is 2. The highest BCUT2D eigenvalue weighted by Crippen LogP contribution is 2.16. The van der Waals surface area contributed by atoms with Crippen molar-refractivity contribution in [3.8, 4) is 5.69 Å². The Kier molecular flexibility index (Phi) is 2.41. The fourth-order valence-electron chi connectivity index (χ4n) is 1.28. The Balaban J connectivity index is 2.44. The van der Waals surface area contributed by atoms with E-state index in [1.165, 1.54) is 0 Å². The Morgan fingerprint density at radius 2 is 1.93 bits per heavy atom. The average molecular weight is 208 g/mol. The smallest absolute Gasteiger partial charge is 0.129 e. The maximum absolute atomic E-state index is 5.80. The predicted molar refractivity (Wildman–Crippen MR) is 58.1 cm³/mol. The molecule has 0 saturated carbocycles. The first-order valence-corrected chi connectivity index (χ1v) is 4.67. The molecule has 3 nitrogen and oxygen atoms in total. The fraction of sp³-hybridized carbons (Fsp3) is 0.100. The normalized spacial score (nSPS) is 10.1. The van der Waals surface area contributed by atoms with E-state index in [-0.39, 0.29) is 0 Å². The number of hydrogen-bond donors (Lipinski definition) is 1. The van der Waals surface area contributed by atoms with Crippen LogP contribution in [0.3, 0.4) is 0 Å². The van der Waals surface area contributed by atoms with E-state index in [4.69, 9.17) is 11.6 Å². The van der Waals surface area contributed by atoms with Gasteiger partial charge in [-0.15, -0.1) is 0 Å². The van der Waals surface area contributed by atoms with E-state index < -0.39 is 0 Å². The van der Waals surface area contributed by atoms with Gasteiger partial charge in [-0.2, -0.15) is 5.10 Å². The maximum atomic E-state index is 5.80. The molecule has 0 amide bonds. The Hall–Kier alpha value is -1.48. The highest BCUT2D eigenvalue weighted by atomic mass is 35.5. The summed E-state index contributed by atoms with van der Waals surface area (Å²) in [5, 5.41) is 7.98. The summed E-state index contributed by atoms with van der Waals surface area (Å²) >= 11 is 5.80. The molecule has 72 valence electrons. The summed E-state index contributed by atoms with van der Waals surface area (Å²) in [5.74, 6) is 0.951. The van der Waals surface area contributed by atoms with Crippen LogP contribution in [0.2, 0.25) is 5.02 Å². The molecule has 0 aliphatic rings. The third-order valence-electron chi connectivity index (χ3n) is 1.97. The summed E-state index contributed by atoms with van der Waals surface area (Å²) in [4.78, 5) is 0. The first-order chi connectivity index (χ1) is 6.81. The van der Waals surface area contributed by atoms with Crippen LogP contribution in [0.15, 0.2) is 36.5 Å². The standard InChI is InChI=1S/C10H10ClN3/c1-12-10-6-7-13-14(10)9-4-2-8(11)3-5-9/h2-7,12H,1H3. The van der Waals surface area contributed by atoms with Crippen molar-refractivity contribution >= 4 is 17.4 Å². The van der Waals surface area contributed by atoms with E-state index in [9.17, 15) is 0 Å². The van der Waals surface area contributed by atoms with Crippen LogP contribution in [0, 0.1) is 0 Å². The van der Waals surface area contributed by atoms with Gasteiger partial charge in [-0.3, -0.25) is 0 Å². The molecule has 1 aromatic carbocycles. The Bertz CT molecular complexity index is 419. The van der Waals surface area contributed by atoms with Crippen molar-refractivity contribution < 1.29 is 0 Å². The molecule has 2 aromatic rings. The summed E-state index contributed by atoms with van der Waals surface area (Å²) in [6, 6.07) is 9.46. The van der Waals surface area contributed by atoms with Crippen LogP contribution in [-0.4, -0.2) is 16.8 Å². The highest BCUT2D eigenvalue weighted by Gasteiger charge is 2.01. The van der Waals surface area contributed by atoms with Crippen LogP contribution in [0.25, 0.3) is 5.69 Å². The van der Waals surface area contributed by atoms with Gasteiger partial charge in [0.15, 0.2) is 0 Å². The number of nitrogens with one attached hydrogen (secondary N) is 1. The molecule has 4 heteroatoms. The van der Waals surface area contributed by atoms with Gasteiger partial charge in [0.2, 0.25) is 0 Å². The molecule has 0 atom stereocenters. The number of nitrogens with zero attached hydrogens (tertiary/aromatic N) is 2. The molecule has 1 aromatic heterocycles. The lowest BCUT2D eigenvalue weighted by molar-refractivity contribution is 0.885. The molecule has 2 rings (SSSR count). The highest BCUT2D eigenvalue weighted by molar-refractivity contribution is 6.30. The van der Waals surface area contributed by atoms with Crippen LogP contribution in [0.4, 0.5) is 5.82 Å². The minimum Gasteiger partial charge on any atom is -0.373 e. The molecule has 1 heterocycles. The molecular weight excluding hydrogens is 198 g/mol. The van der Waals surface area contributed by atoms with Gasteiger partial charge in [-0.25, -0.2) is 4.68 Å². The van der Waals surface area contributed by atoms with Crippen molar-refractivity contribution in [2.45, 2.75) is 0 Å². The molecule has 0 fully saturated rings. The van der Waals surface area contributed by atoms with Crippen molar-refractivity contribution in [3.63, 3.8) is 0 Å². The molecule has 0 saturated heterocycles. The van der Waals surface area contributed by atoms with Crippen molar-refractivity contribution in [1.29, 1.82) is 0 Å². The van der Waals surface area contributed by atoms with E-state index in [0.29, 0.717) is 0 Å². The van der Waals surface area contributed by atoms with Gasteiger partial charge in [0.1, 0.15) is 5.82 Å². The van der Waals surface area contributed by atoms with E-state index in [1.54, 1.807) is 6.20 Å². The molecule has 0 spiro atoms. The minimum atomic E-state index is 0.729. The summed E-state index contributed by atoms with van der Waals surface area (Å²) in [5.41, 5.74) is 0.990. The average Bonchev–Trinajstić information content (AvgIpc) is 2.67. The Morgan fingerprint density at radius 1 is 1.21 bits per heavy atom. The lowest BCUT2D eigenvalue weighted by Gasteiger charge is -2.06. The van der Waals surface area contributed by atoms with E-state index in [2.05, 4.69) is 10.4 Å². The molecule has 0 aliphatic carbocycles. The third-order valence-corrected chi connectivity index (χ3v) is 2.22. The van der Waals surface area contributed by atoms with E-state index >= 15 is 0 Å². The van der Waals surface area contributed by atoms with Gasteiger partial charge >= 0.3 is 0 Å². The molecule has 0 radical (unpaired) electrons. The number of hydrogen-bond acceptors (Lipinski definition) is 2. The first-order valence-electron chi connectivity index (χ1n) is 4.29. The van der Waals surface area contributed by atoms with Gasteiger partial charge in [0, 0.05) is 18.1 Å². The number of anilines is 1. The molecule has 0 bridgehead atoms. The molecule has 14 heavy (non-hydrogen) atoms. The number of benzene rings is 1. The lowest BCUT2D eigenvalue weighted by atomic mass is 10.3. The summed E-state index contributed by atoms with van der Waals surface area (Å²) < 4.78 is 1.82. The topological polar surface area (TPSA) is 29.9 Å². The summed E-state index contributed by atoms with van der Waals surface area (Å²) in [6.45, 7) is 0. The molecule has 0 unspecified atom stereocenters. The van der Waals surface area contributed by atoms with Crippen LogP contribution >= 0.6 is 11.6 Å². The van der Waals surface area contributed by atoms with Crippen LogP contribution < -0.4 is 5.32 Å². The zero-order valence-corrected chi connectivity index (χ0v) is 8.49. The zero-order valence-electron chi connectivity index (χ0n) is 7.74. The van der Waals surface area contributed by atoms with Crippen molar-refractivity contribution in [1.82, 2.24) is 9.78 Å². The van der Waals surface area contributed by atoms with Gasteiger partial charge < -0.3 is 5.32 Å². The van der Waals surface area contributed by atoms with Gasteiger partial charge in [0.05, 0.1) is 11.9 Å².